The lowest BCUT2D eigenvalue weighted by Gasteiger charge is -2.10. The zero-order valence-electron chi connectivity index (χ0n) is 14.3. The fourth-order valence-electron chi connectivity index (χ4n) is 2.41. The molecule has 0 aliphatic rings. The van der Waals surface area contributed by atoms with Crippen molar-refractivity contribution in [3.05, 3.63) is 83.6 Å². The molecular weight excluding hydrogens is 369 g/mol. The van der Waals surface area contributed by atoms with Crippen LogP contribution in [0.2, 0.25) is 0 Å². The molecule has 3 aromatic rings. The molecule has 3 rings (SSSR count). The molecule has 0 radical (unpaired) electrons. The van der Waals surface area contributed by atoms with Crippen molar-refractivity contribution in [3.8, 4) is 6.07 Å². The lowest BCUT2D eigenvalue weighted by atomic mass is 10.2. The van der Waals surface area contributed by atoms with Crippen LogP contribution in [0.4, 0.5) is 30.4 Å². The monoisotopic (exact) mass is 382 g/mol. The van der Waals surface area contributed by atoms with E-state index in [0.717, 1.165) is 12.1 Å². The third-order valence-electron chi connectivity index (χ3n) is 3.80. The molecule has 0 aliphatic heterocycles. The number of amides is 1. The van der Waals surface area contributed by atoms with Gasteiger partial charge in [0.25, 0.3) is 5.91 Å². The Morgan fingerprint density at radius 2 is 1.75 bits per heavy atom. The highest BCUT2D eigenvalue weighted by Crippen LogP contribution is 2.30. The van der Waals surface area contributed by atoms with Crippen LogP contribution in [0.3, 0.4) is 0 Å². The predicted octanol–water partition coefficient (Wildman–Crippen LogP) is 4.97. The summed E-state index contributed by atoms with van der Waals surface area (Å²) >= 11 is 0. The van der Waals surface area contributed by atoms with Crippen molar-refractivity contribution >= 4 is 23.1 Å². The van der Waals surface area contributed by atoms with E-state index in [1.165, 1.54) is 30.5 Å². The van der Waals surface area contributed by atoms with E-state index >= 15 is 0 Å². The Labute approximate surface area is 158 Å². The van der Waals surface area contributed by atoms with Gasteiger partial charge in [0, 0.05) is 17.4 Å². The fourth-order valence-corrected chi connectivity index (χ4v) is 2.41. The molecule has 0 atom stereocenters. The maximum absolute atomic E-state index is 12.6. The first-order valence-electron chi connectivity index (χ1n) is 8.07. The first-order valence-corrected chi connectivity index (χ1v) is 8.07. The number of alkyl halides is 3. The van der Waals surface area contributed by atoms with Gasteiger partial charge in [0.1, 0.15) is 11.9 Å². The van der Waals surface area contributed by atoms with Crippen LogP contribution in [0.15, 0.2) is 66.9 Å². The van der Waals surface area contributed by atoms with Crippen LogP contribution >= 0.6 is 0 Å². The number of para-hydroxylation sites is 1. The molecule has 8 heteroatoms. The topological polar surface area (TPSA) is 77.8 Å². The average Bonchev–Trinajstić information content (AvgIpc) is 2.68. The Morgan fingerprint density at radius 3 is 2.43 bits per heavy atom. The zero-order valence-corrected chi connectivity index (χ0v) is 14.3. The number of nitriles is 1. The highest BCUT2D eigenvalue weighted by molar-refractivity contribution is 6.04. The number of carbonyl (C=O) groups excluding carboxylic acids is 1. The SMILES string of the molecule is N#Cc1ccccc1Nc1cc(C(=O)Nc2ccc(C(F)(F)F)cc2)ccn1. The van der Waals surface area contributed by atoms with Gasteiger partial charge in [0.15, 0.2) is 0 Å². The fraction of sp³-hybridized carbons (Fsp3) is 0.0500. The molecule has 28 heavy (non-hydrogen) atoms. The highest BCUT2D eigenvalue weighted by atomic mass is 19.4. The van der Waals surface area contributed by atoms with Crippen molar-refractivity contribution < 1.29 is 18.0 Å². The Bertz CT molecular complexity index is 1040. The Hall–Kier alpha value is -3.86. The van der Waals surface area contributed by atoms with Crippen LogP contribution in [-0.4, -0.2) is 10.9 Å². The Morgan fingerprint density at radius 1 is 1.04 bits per heavy atom. The molecule has 1 heterocycles. The summed E-state index contributed by atoms with van der Waals surface area (Å²) in [6.07, 6.45) is -3.02. The highest BCUT2D eigenvalue weighted by Gasteiger charge is 2.30. The molecule has 0 bridgehead atoms. The summed E-state index contributed by atoms with van der Waals surface area (Å²) in [7, 11) is 0. The Kier molecular flexibility index (Phi) is 5.27. The van der Waals surface area contributed by atoms with Gasteiger partial charge in [-0.25, -0.2) is 4.98 Å². The van der Waals surface area contributed by atoms with Gasteiger partial charge in [-0.05, 0) is 48.5 Å². The summed E-state index contributed by atoms with van der Waals surface area (Å²) in [5, 5.41) is 14.6. The van der Waals surface area contributed by atoms with E-state index < -0.39 is 17.6 Å². The standard InChI is InChI=1S/C20H13F3N4O/c21-20(22,23)15-5-7-16(8-6-15)26-19(28)13-9-10-25-18(11-13)27-17-4-2-1-3-14(17)12-24/h1-11H,(H,25,27)(H,26,28). The van der Waals surface area contributed by atoms with E-state index in [4.69, 9.17) is 5.26 Å². The van der Waals surface area contributed by atoms with Crippen LogP contribution in [0, 0.1) is 11.3 Å². The van der Waals surface area contributed by atoms with Crippen molar-refractivity contribution in [2.75, 3.05) is 10.6 Å². The van der Waals surface area contributed by atoms with Crippen LogP contribution in [-0.2, 0) is 6.18 Å². The van der Waals surface area contributed by atoms with Crippen molar-refractivity contribution in [1.29, 1.82) is 5.26 Å². The first kappa shape index (κ1) is 18.9. The minimum atomic E-state index is -4.44. The lowest BCUT2D eigenvalue weighted by Crippen LogP contribution is -2.13. The minimum Gasteiger partial charge on any atom is -0.339 e. The number of anilines is 3. The number of nitrogens with one attached hydrogen (secondary N) is 2. The third kappa shape index (κ3) is 4.45. The first-order chi connectivity index (χ1) is 13.4. The van der Waals surface area contributed by atoms with Crippen molar-refractivity contribution in [1.82, 2.24) is 4.98 Å². The second kappa shape index (κ2) is 7.80. The minimum absolute atomic E-state index is 0.235. The number of aromatic nitrogens is 1. The van der Waals surface area contributed by atoms with Crippen molar-refractivity contribution in [2.24, 2.45) is 0 Å². The number of nitrogens with zero attached hydrogens (tertiary/aromatic N) is 2. The summed E-state index contributed by atoms with van der Waals surface area (Å²) < 4.78 is 37.8. The quantitative estimate of drug-likeness (QED) is 0.668. The molecule has 1 amide bonds. The normalized spacial score (nSPS) is 10.8. The predicted molar refractivity (Wildman–Crippen MR) is 98.1 cm³/mol. The molecule has 0 saturated heterocycles. The zero-order chi connectivity index (χ0) is 20.1. The molecule has 0 aliphatic carbocycles. The van der Waals surface area contributed by atoms with Gasteiger partial charge in [-0.3, -0.25) is 4.79 Å². The van der Waals surface area contributed by atoms with E-state index in [1.807, 2.05) is 0 Å². The number of hydrogen-bond acceptors (Lipinski definition) is 4. The molecule has 0 saturated carbocycles. The molecule has 1 aromatic heterocycles. The van der Waals surface area contributed by atoms with Gasteiger partial charge >= 0.3 is 6.18 Å². The summed E-state index contributed by atoms with van der Waals surface area (Å²) in [4.78, 5) is 16.5. The number of benzene rings is 2. The van der Waals surface area contributed by atoms with Gasteiger partial charge in [0.2, 0.25) is 0 Å². The third-order valence-corrected chi connectivity index (χ3v) is 3.80. The number of pyridine rings is 1. The number of rotatable bonds is 4. The second-order valence-electron chi connectivity index (χ2n) is 5.74. The molecule has 0 fully saturated rings. The molecule has 0 spiro atoms. The molecule has 140 valence electrons. The summed E-state index contributed by atoms with van der Waals surface area (Å²) in [5.41, 5.74) is 0.657. The summed E-state index contributed by atoms with van der Waals surface area (Å²) in [6, 6.07) is 16.0. The largest absolute Gasteiger partial charge is 0.416 e. The van der Waals surface area contributed by atoms with Crippen LogP contribution in [0.25, 0.3) is 0 Å². The van der Waals surface area contributed by atoms with Gasteiger partial charge in [-0.2, -0.15) is 18.4 Å². The van der Waals surface area contributed by atoms with E-state index in [9.17, 15) is 18.0 Å². The van der Waals surface area contributed by atoms with Gasteiger partial charge < -0.3 is 10.6 Å². The smallest absolute Gasteiger partial charge is 0.339 e. The lowest BCUT2D eigenvalue weighted by molar-refractivity contribution is -0.137. The van der Waals surface area contributed by atoms with Crippen molar-refractivity contribution in [3.63, 3.8) is 0 Å². The van der Waals surface area contributed by atoms with Crippen molar-refractivity contribution in [2.45, 2.75) is 6.18 Å². The molecule has 5 nitrogen and oxygen atoms in total. The number of halogens is 3. The number of carbonyl (C=O) groups is 1. The van der Waals surface area contributed by atoms with E-state index in [-0.39, 0.29) is 11.3 Å². The molecule has 2 aromatic carbocycles. The van der Waals surface area contributed by atoms with E-state index in [0.29, 0.717) is 17.1 Å². The van der Waals surface area contributed by atoms with Gasteiger partial charge in [-0.1, -0.05) is 12.1 Å². The summed E-state index contributed by atoms with van der Waals surface area (Å²) in [5.74, 6) is -0.151. The van der Waals surface area contributed by atoms with E-state index in [2.05, 4.69) is 21.7 Å². The van der Waals surface area contributed by atoms with Crippen LogP contribution in [0.5, 0.6) is 0 Å². The molecule has 0 unspecified atom stereocenters. The maximum atomic E-state index is 12.6. The van der Waals surface area contributed by atoms with E-state index in [1.54, 1.807) is 24.3 Å². The van der Waals surface area contributed by atoms with Crippen LogP contribution in [0.1, 0.15) is 21.5 Å². The Balaban J connectivity index is 1.74. The molecular formula is C20H13F3N4O. The average molecular weight is 382 g/mol. The second-order valence-corrected chi connectivity index (χ2v) is 5.74. The maximum Gasteiger partial charge on any atom is 0.416 e. The van der Waals surface area contributed by atoms with Crippen LogP contribution < -0.4 is 10.6 Å². The van der Waals surface area contributed by atoms with Gasteiger partial charge in [0.05, 0.1) is 16.8 Å². The van der Waals surface area contributed by atoms with Gasteiger partial charge in [-0.15, -0.1) is 0 Å². The molecule has 2 N–H and O–H groups in total. The summed E-state index contributed by atoms with van der Waals surface area (Å²) in [6.45, 7) is 0. The number of hydrogen-bond donors (Lipinski definition) is 2.